The van der Waals surface area contributed by atoms with Crippen LogP contribution in [0.3, 0.4) is 0 Å². The molecule has 1 aliphatic rings. The number of nitrogens with one attached hydrogen (secondary N) is 1. The van der Waals surface area contributed by atoms with Crippen molar-refractivity contribution in [2.24, 2.45) is 5.92 Å². The SMILES string of the molecule is C=C(CC)CNC1CCCCCC1C. The number of hydrogen-bond acceptors (Lipinski definition) is 1. The van der Waals surface area contributed by atoms with E-state index in [1.807, 2.05) is 0 Å². The lowest BCUT2D eigenvalue weighted by atomic mass is 9.97. The molecular weight excluding hydrogens is 170 g/mol. The van der Waals surface area contributed by atoms with Crippen LogP contribution in [0.5, 0.6) is 0 Å². The summed E-state index contributed by atoms with van der Waals surface area (Å²) in [5.41, 5.74) is 1.33. The summed E-state index contributed by atoms with van der Waals surface area (Å²) in [4.78, 5) is 0. The number of rotatable bonds is 4. The summed E-state index contributed by atoms with van der Waals surface area (Å²) in [6, 6.07) is 0.737. The van der Waals surface area contributed by atoms with Gasteiger partial charge in [0, 0.05) is 12.6 Å². The molecule has 0 aromatic heterocycles. The second-order valence-corrected chi connectivity index (χ2v) is 4.71. The van der Waals surface area contributed by atoms with E-state index in [0.29, 0.717) is 0 Å². The van der Waals surface area contributed by atoms with Crippen molar-refractivity contribution in [3.8, 4) is 0 Å². The zero-order valence-corrected chi connectivity index (χ0v) is 9.81. The van der Waals surface area contributed by atoms with Gasteiger partial charge in [-0.2, -0.15) is 0 Å². The normalized spacial score (nSPS) is 28.4. The van der Waals surface area contributed by atoms with Gasteiger partial charge < -0.3 is 5.32 Å². The summed E-state index contributed by atoms with van der Waals surface area (Å²) < 4.78 is 0. The highest BCUT2D eigenvalue weighted by molar-refractivity contribution is 4.96. The van der Waals surface area contributed by atoms with E-state index in [2.05, 4.69) is 25.7 Å². The Balaban J connectivity index is 2.29. The van der Waals surface area contributed by atoms with Crippen molar-refractivity contribution in [3.05, 3.63) is 12.2 Å². The third-order valence-corrected chi connectivity index (χ3v) is 3.48. The second kappa shape index (κ2) is 6.23. The minimum atomic E-state index is 0.737. The van der Waals surface area contributed by atoms with Crippen LogP contribution in [0.15, 0.2) is 12.2 Å². The van der Waals surface area contributed by atoms with Gasteiger partial charge in [0.2, 0.25) is 0 Å². The predicted octanol–water partition coefficient (Wildman–Crippen LogP) is 3.51. The molecule has 2 atom stereocenters. The lowest BCUT2D eigenvalue weighted by Crippen LogP contribution is -2.35. The first-order valence-electron chi connectivity index (χ1n) is 6.14. The molecule has 1 heteroatoms. The summed E-state index contributed by atoms with van der Waals surface area (Å²) in [6.45, 7) is 9.63. The molecule has 0 spiro atoms. The molecule has 0 aliphatic heterocycles. The fraction of sp³-hybridized carbons (Fsp3) is 0.846. The molecule has 1 fully saturated rings. The molecule has 0 bridgehead atoms. The van der Waals surface area contributed by atoms with Gasteiger partial charge in [-0.1, -0.05) is 45.3 Å². The van der Waals surface area contributed by atoms with Crippen molar-refractivity contribution >= 4 is 0 Å². The summed E-state index contributed by atoms with van der Waals surface area (Å²) >= 11 is 0. The molecule has 0 aromatic carbocycles. The average molecular weight is 195 g/mol. The fourth-order valence-corrected chi connectivity index (χ4v) is 2.20. The van der Waals surface area contributed by atoms with Crippen molar-refractivity contribution in [2.75, 3.05) is 6.54 Å². The van der Waals surface area contributed by atoms with E-state index >= 15 is 0 Å². The van der Waals surface area contributed by atoms with Crippen molar-refractivity contribution in [1.29, 1.82) is 0 Å². The molecule has 82 valence electrons. The molecule has 0 radical (unpaired) electrons. The Hall–Kier alpha value is -0.300. The van der Waals surface area contributed by atoms with E-state index in [1.165, 1.54) is 37.7 Å². The van der Waals surface area contributed by atoms with Gasteiger partial charge in [-0.15, -0.1) is 0 Å². The topological polar surface area (TPSA) is 12.0 Å². The number of hydrogen-bond donors (Lipinski definition) is 1. The first-order chi connectivity index (χ1) is 6.74. The Morgan fingerprint density at radius 1 is 1.29 bits per heavy atom. The molecule has 1 rings (SSSR count). The maximum Gasteiger partial charge on any atom is 0.0164 e. The predicted molar refractivity (Wildman–Crippen MR) is 63.5 cm³/mol. The van der Waals surface area contributed by atoms with E-state index in [0.717, 1.165) is 24.9 Å². The monoisotopic (exact) mass is 195 g/mol. The highest BCUT2D eigenvalue weighted by Crippen LogP contribution is 2.22. The molecule has 2 unspecified atom stereocenters. The van der Waals surface area contributed by atoms with Gasteiger partial charge in [0.05, 0.1) is 0 Å². The largest absolute Gasteiger partial charge is 0.310 e. The van der Waals surface area contributed by atoms with E-state index in [-0.39, 0.29) is 0 Å². The van der Waals surface area contributed by atoms with Crippen LogP contribution in [0.4, 0.5) is 0 Å². The Morgan fingerprint density at radius 3 is 2.71 bits per heavy atom. The minimum Gasteiger partial charge on any atom is -0.310 e. The molecule has 0 aromatic rings. The molecule has 1 nitrogen and oxygen atoms in total. The zero-order chi connectivity index (χ0) is 10.4. The third kappa shape index (κ3) is 3.83. The van der Waals surface area contributed by atoms with Crippen LogP contribution >= 0.6 is 0 Å². The zero-order valence-electron chi connectivity index (χ0n) is 9.81. The van der Waals surface area contributed by atoms with Gasteiger partial charge in [-0.25, -0.2) is 0 Å². The lowest BCUT2D eigenvalue weighted by molar-refractivity contribution is 0.366. The van der Waals surface area contributed by atoms with Crippen molar-refractivity contribution < 1.29 is 0 Å². The van der Waals surface area contributed by atoms with Gasteiger partial charge in [0.1, 0.15) is 0 Å². The van der Waals surface area contributed by atoms with Gasteiger partial charge in [-0.3, -0.25) is 0 Å². The van der Waals surface area contributed by atoms with Crippen LogP contribution in [-0.2, 0) is 0 Å². The van der Waals surface area contributed by atoms with Crippen molar-refractivity contribution in [3.63, 3.8) is 0 Å². The van der Waals surface area contributed by atoms with Crippen LogP contribution in [0.1, 0.15) is 52.4 Å². The van der Waals surface area contributed by atoms with Crippen LogP contribution < -0.4 is 5.32 Å². The molecular formula is C13H25N. The van der Waals surface area contributed by atoms with E-state index in [9.17, 15) is 0 Å². The standard InChI is InChI=1S/C13H25N/c1-4-11(2)10-14-13-9-7-5-6-8-12(13)3/h12-14H,2,4-10H2,1,3H3. The van der Waals surface area contributed by atoms with Crippen LogP contribution in [0.2, 0.25) is 0 Å². The molecule has 1 saturated carbocycles. The van der Waals surface area contributed by atoms with Gasteiger partial charge >= 0.3 is 0 Å². The van der Waals surface area contributed by atoms with E-state index in [1.54, 1.807) is 0 Å². The molecule has 1 aliphatic carbocycles. The summed E-state index contributed by atoms with van der Waals surface area (Å²) in [5, 5.41) is 3.66. The first-order valence-corrected chi connectivity index (χ1v) is 6.14. The Labute approximate surface area is 89.0 Å². The van der Waals surface area contributed by atoms with Crippen molar-refractivity contribution in [1.82, 2.24) is 5.32 Å². The van der Waals surface area contributed by atoms with Gasteiger partial charge in [-0.05, 0) is 25.2 Å². The van der Waals surface area contributed by atoms with Crippen LogP contribution in [-0.4, -0.2) is 12.6 Å². The van der Waals surface area contributed by atoms with Crippen molar-refractivity contribution in [2.45, 2.75) is 58.4 Å². The molecule has 0 heterocycles. The van der Waals surface area contributed by atoms with E-state index < -0.39 is 0 Å². The first kappa shape index (κ1) is 11.8. The second-order valence-electron chi connectivity index (χ2n) is 4.71. The quantitative estimate of drug-likeness (QED) is 0.534. The van der Waals surface area contributed by atoms with E-state index in [4.69, 9.17) is 0 Å². The Bertz CT molecular complexity index is 174. The highest BCUT2D eigenvalue weighted by atomic mass is 14.9. The Kier molecular flexibility index (Phi) is 5.24. The summed E-state index contributed by atoms with van der Waals surface area (Å²) in [5.74, 6) is 0.849. The minimum absolute atomic E-state index is 0.737. The molecule has 1 N–H and O–H groups in total. The highest BCUT2D eigenvalue weighted by Gasteiger charge is 2.18. The fourth-order valence-electron chi connectivity index (χ4n) is 2.20. The summed E-state index contributed by atoms with van der Waals surface area (Å²) in [6.07, 6.45) is 8.12. The van der Waals surface area contributed by atoms with Crippen LogP contribution in [0, 0.1) is 5.92 Å². The molecule has 0 saturated heterocycles. The average Bonchev–Trinajstić information content (AvgIpc) is 2.39. The maximum absolute atomic E-state index is 4.04. The third-order valence-electron chi connectivity index (χ3n) is 3.48. The van der Waals surface area contributed by atoms with Gasteiger partial charge in [0.25, 0.3) is 0 Å². The lowest BCUT2D eigenvalue weighted by Gasteiger charge is -2.23. The molecule has 14 heavy (non-hydrogen) atoms. The molecule has 0 amide bonds. The maximum atomic E-state index is 4.04. The Morgan fingerprint density at radius 2 is 2.00 bits per heavy atom. The smallest absolute Gasteiger partial charge is 0.0164 e. The van der Waals surface area contributed by atoms with Gasteiger partial charge in [0.15, 0.2) is 0 Å². The summed E-state index contributed by atoms with van der Waals surface area (Å²) in [7, 11) is 0. The van der Waals surface area contributed by atoms with Crippen LogP contribution in [0.25, 0.3) is 0 Å².